The summed E-state index contributed by atoms with van der Waals surface area (Å²) in [5.41, 5.74) is 2.95. The molecule has 3 heteroatoms. The van der Waals surface area contributed by atoms with Gasteiger partial charge in [-0.3, -0.25) is 11.3 Å². The zero-order chi connectivity index (χ0) is 13.1. The van der Waals surface area contributed by atoms with E-state index in [1.165, 1.54) is 25.7 Å². The van der Waals surface area contributed by atoms with Gasteiger partial charge in [0, 0.05) is 13.2 Å². The van der Waals surface area contributed by atoms with Gasteiger partial charge in [-0.25, -0.2) is 0 Å². The van der Waals surface area contributed by atoms with Gasteiger partial charge in [0.25, 0.3) is 0 Å². The molecule has 3 atom stereocenters. The number of hydrogen-bond acceptors (Lipinski definition) is 3. The molecule has 0 aromatic rings. The predicted molar refractivity (Wildman–Crippen MR) is 74.7 cm³/mol. The monoisotopic (exact) mass is 244 g/mol. The van der Waals surface area contributed by atoms with Crippen molar-refractivity contribution in [1.82, 2.24) is 5.43 Å². The molecule has 0 heterocycles. The smallest absolute Gasteiger partial charge is 0.0737 e. The third-order valence-electron chi connectivity index (χ3n) is 3.67. The molecule has 0 aliphatic rings. The number of methoxy groups -OCH3 is 1. The van der Waals surface area contributed by atoms with Gasteiger partial charge < -0.3 is 4.74 Å². The fourth-order valence-corrected chi connectivity index (χ4v) is 2.44. The Balaban J connectivity index is 4.22. The molecule has 3 unspecified atom stereocenters. The van der Waals surface area contributed by atoms with Crippen molar-refractivity contribution < 1.29 is 4.74 Å². The molecule has 104 valence electrons. The minimum atomic E-state index is 0.251. The average Bonchev–Trinajstić information content (AvgIpc) is 2.37. The van der Waals surface area contributed by atoms with Crippen molar-refractivity contribution >= 4 is 0 Å². The van der Waals surface area contributed by atoms with Gasteiger partial charge in [-0.05, 0) is 18.8 Å². The minimum Gasteiger partial charge on any atom is -0.380 e. The lowest BCUT2D eigenvalue weighted by Gasteiger charge is -2.28. The molecule has 0 saturated heterocycles. The Kier molecular flexibility index (Phi) is 10.9. The van der Waals surface area contributed by atoms with E-state index in [0.29, 0.717) is 6.04 Å². The lowest BCUT2D eigenvalue weighted by Crippen LogP contribution is -2.46. The van der Waals surface area contributed by atoms with Crippen molar-refractivity contribution in [3.8, 4) is 0 Å². The molecule has 0 saturated carbocycles. The summed E-state index contributed by atoms with van der Waals surface area (Å²) in [6.45, 7) is 6.71. The lowest BCUT2D eigenvalue weighted by molar-refractivity contribution is 0.0516. The largest absolute Gasteiger partial charge is 0.380 e. The summed E-state index contributed by atoms with van der Waals surface area (Å²) in [6.07, 6.45) is 8.75. The third kappa shape index (κ3) is 7.02. The van der Waals surface area contributed by atoms with Crippen LogP contribution in [0.1, 0.15) is 65.7 Å². The molecule has 0 aromatic carbocycles. The van der Waals surface area contributed by atoms with Crippen LogP contribution in [0, 0.1) is 5.92 Å². The first kappa shape index (κ1) is 16.9. The lowest BCUT2D eigenvalue weighted by atomic mass is 9.89. The number of rotatable bonds is 11. The molecule has 0 bridgehead atoms. The van der Waals surface area contributed by atoms with Crippen molar-refractivity contribution in [1.29, 1.82) is 0 Å². The van der Waals surface area contributed by atoms with Crippen LogP contribution < -0.4 is 11.3 Å². The van der Waals surface area contributed by atoms with Crippen molar-refractivity contribution in [2.45, 2.75) is 77.9 Å². The highest BCUT2D eigenvalue weighted by Gasteiger charge is 2.22. The molecule has 0 aliphatic carbocycles. The average molecular weight is 244 g/mol. The first-order valence-corrected chi connectivity index (χ1v) is 7.22. The highest BCUT2D eigenvalue weighted by molar-refractivity contribution is 4.77. The summed E-state index contributed by atoms with van der Waals surface area (Å²) in [6, 6.07) is 0.293. The summed E-state index contributed by atoms with van der Waals surface area (Å²) in [5.74, 6) is 6.45. The number of nitrogens with two attached hydrogens (primary N) is 1. The Morgan fingerprint density at radius 3 is 2.24 bits per heavy atom. The van der Waals surface area contributed by atoms with Gasteiger partial charge in [0.2, 0.25) is 0 Å². The van der Waals surface area contributed by atoms with E-state index in [1.54, 1.807) is 7.11 Å². The van der Waals surface area contributed by atoms with Crippen LogP contribution >= 0.6 is 0 Å². The van der Waals surface area contributed by atoms with E-state index in [9.17, 15) is 0 Å². The number of unbranched alkanes of at least 4 members (excludes halogenated alkanes) is 1. The Hall–Kier alpha value is -0.120. The van der Waals surface area contributed by atoms with Gasteiger partial charge in [0.05, 0.1) is 6.10 Å². The topological polar surface area (TPSA) is 47.3 Å². The molecular formula is C14H32N2O. The minimum absolute atomic E-state index is 0.251. The second-order valence-corrected chi connectivity index (χ2v) is 4.99. The highest BCUT2D eigenvalue weighted by atomic mass is 16.5. The normalized spacial score (nSPS) is 16.8. The molecule has 0 radical (unpaired) electrons. The molecule has 3 N–H and O–H groups in total. The van der Waals surface area contributed by atoms with Crippen LogP contribution in [0.5, 0.6) is 0 Å². The van der Waals surface area contributed by atoms with E-state index in [1.807, 2.05) is 0 Å². The fourth-order valence-electron chi connectivity index (χ4n) is 2.44. The number of ether oxygens (including phenoxy) is 1. The maximum absolute atomic E-state index is 5.68. The van der Waals surface area contributed by atoms with Gasteiger partial charge >= 0.3 is 0 Å². The molecule has 17 heavy (non-hydrogen) atoms. The van der Waals surface area contributed by atoms with E-state index < -0.39 is 0 Å². The van der Waals surface area contributed by atoms with Gasteiger partial charge in [0.1, 0.15) is 0 Å². The van der Waals surface area contributed by atoms with Crippen LogP contribution in [-0.4, -0.2) is 19.3 Å². The van der Waals surface area contributed by atoms with E-state index in [2.05, 4.69) is 26.2 Å². The SMILES string of the molecule is CCCCC(CC)CC(NN)C(CCC)OC. The molecular weight excluding hydrogens is 212 g/mol. The first-order valence-electron chi connectivity index (χ1n) is 7.22. The van der Waals surface area contributed by atoms with Crippen LogP contribution in [-0.2, 0) is 4.74 Å². The first-order chi connectivity index (χ1) is 8.23. The molecule has 0 aromatic heterocycles. The van der Waals surface area contributed by atoms with Crippen LogP contribution in [0.2, 0.25) is 0 Å². The summed E-state index contributed by atoms with van der Waals surface area (Å²) in [5, 5.41) is 0. The third-order valence-corrected chi connectivity index (χ3v) is 3.67. The van der Waals surface area contributed by atoms with Gasteiger partial charge in [-0.2, -0.15) is 0 Å². The summed E-state index contributed by atoms with van der Waals surface area (Å²) >= 11 is 0. The molecule has 0 aliphatic heterocycles. The molecule has 0 rings (SSSR count). The zero-order valence-corrected chi connectivity index (χ0v) is 12.2. The van der Waals surface area contributed by atoms with Crippen molar-refractivity contribution in [3.63, 3.8) is 0 Å². The Morgan fingerprint density at radius 2 is 1.82 bits per heavy atom. The second kappa shape index (κ2) is 11.0. The van der Waals surface area contributed by atoms with Crippen molar-refractivity contribution in [2.75, 3.05) is 7.11 Å². The number of nitrogens with one attached hydrogen (secondary N) is 1. The van der Waals surface area contributed by atoms with E-state index in [4.69, 9.17) is 10.6 Å². The summed E-state index contributed by atoms with van der Waals surface area (Å²) in [4.78, 5) is 0. The van der Waals surface area contributed by atoms with Gasteiger partial charge in [-0.1, -0.05) is 52.9 Å². The highest BCUT2D eigenvalue weighted by Crippen LogP contribution is 2.21. The Labute approximate surface area is 107 Å². The van der Waals surface area contributed by atoms with E-state index >= 15 is 0 Å². The number of hydrogen-bond donors (Lipinski definition) is 2. The van der Waals surface area contributed by atoms with Crippen LogP contribution in [0.25, 0.3) is 0 Å². The molecule has 3 nitrogen and oxygen atoms in total. The van der Waals surface area contributed by atoms with Crippen LogP contribution in [0.4, 0.5) is 0 Å². The second-order valence-electron chi connectivity index (χ2n) is 4.99. The molecule has 0 spiro atoms. The van der Waals surface area contributed by atoms with E-state index in [-0.39, 0.29) is 6.10 Å². The molecule has 0 fully saturated rings. The quantitative estimate of drug-likeness (QED) is 0.433. The van der Waals surface area contributed by atoms with Crippen molar-refractivity contribution in [3.05, 3.63) is 0 Å². The van der Waals surface area contributed by atoms with Crippen molar-refractivity contribution in [2.24, 2.45) is 11.8 Å². The molecule has 0 amide bonds. The maximum Gasteiger partial charge on any atom is 0.0737 e. The zero-order valence-electron chi connectivity index (χ0n) is 12.2. The van der Waals surface area contributed by atoms with E-state index in [0.717, 1.165) is 25.2 Å². The van der Waals surface area contributed by atoms with Crippen LogP contribution in [0.15, 0.2) is 0 Å². The van der Waals surface area contributed by atoms with Gasteiger partial charge in [-0.15, -0.1) is 0 Å². The fraction of sp³-hybridized carbons (Fsp3) is 1.00. The van der Waals surface area contributed by atoms with Crippen LogP contribution in [0.3, 0.4) is 0 Å². The Morgan fingerprint density at radius 1 is 1.12 bits per heavy atom. The maximum atomic E-state index is 5.68. The summed E-state index contributed by atoms with van der Waals surface area (Å²) < 4.78 is 5.55. The summed E-state index contributed by atoms with van der Waals surface area (Å²) in [7, 11) is 1.79. The standard InChI is InChI=1S/C14H32N2O/c1-5-8-10-12(7-3)11-13(16-15)14(17-4)9-6-2/h12-14,16H,5-11,15H2,1-4H3. The number of hydrazine groups is 1. The van der Waals surface area contributed by atoms with Gasteiger partial charge in [0.15, 0.2) is 0 Å². The predicted octanol–water partition coefficient (Wildman–Crippen LogP) is 3.24. The Bertz CT molecular complexity index is 164.